The van der Waals surface area contributed by atoms with Crippen molar-refractivity contribution in [1.29, 1.82) is 0 Å². The summed E-state index contributed by atoms with van der Waals surface area (Å²) in [4.78, 5) is 23.9. The first-order chi connectivity index (χ1) is 7.50. The molecular weight excluding hydrogens is 210 g/mol. The number of likely N-dealkylation sites (N-methyl/N-ethyl adjacent to an activating group) is 1. The van der Waals surface area contributed by atoms with E-state index in [1.165, 1.54) is 19.8 Å². The third-order valence-electron chi connectivity index (χ3n) is 2.64. The number of hydrogen-bond acceptors (Lipinski definition) is 3. The Bertz CT molecular complexity index is 266. The van der Waals surface area contributed by atoms with Gasteiger partial charge in [-0.3, -0.25) is 4.79 Å². The van der Waals surface area contributed by atoms with Crippen molar-refractivity contribution in [3.63, 3.8) is 0 Å². The number of carboxylic acids is 1. The monoisotopic (exact) mass is 229 g/mol. The lowest BCUT2D eigenvalue weighted by atomic mass is 10.3. The number of hydrogen-bond donors (Lipinski definition) is 3. The second kappa shape index (κ2) is 5.69. The molecule has 0 heterocycles. The van der Waals surface area contributed by atoms with Crippen molar-refractivity contribution in [2.24, 2.45) is 0 Å². The molecule has 16 heavy (non-hydrogen) atoms. The lowest BCUT2D eigenvalue weighted by Crippen LogP contribution is -2.46. The molecule has 0 saturated heterocycles. The minimum atomic E-state index is -1.04. The molecule has 0 spiro atoms. The first kappa shape index (κ1) is 12.8. The van der Waals surface area contributed by atoms with Gasteiger partial charge in [0, 0.05) is 19.1 Å². The van der Waals surface area contributed by atoms with Gasteiger partial charge in [0.1, 0.15) is 6.04 Å². The molecule has 6 nitrogen and oxygen atoms in total. The molecule has 0 aliphatic heterocycles. The molecule has 0 radical (unpaired) electrons. The van der Waals surface area contributed by atoms with Gasteiger partial charge in [0.2, 0.25) is 0 Å². The van der Waals surface area contributed by atoms with E-state index in [1.807, 2.05) is 7.05 Å². The molecule has 1 saturated carbocycles. The normalized spacial score (nSPS) is 16.9. The fourth-order valence-electron chi connectivity index (χ4n) is 1.35. The van der Waals surface area contributed by atoms with Crippen LogP contribution in [0.4, 0.5) is 4.79 Å². The summed E-state index contributed by atoms with van der Waals surface area (Å²) in [7, 11) is 2.02. The maximum absolute atomic E-state index is 11.2. The standard InChI is InChI=1S/C10H19N3O3/c1-7(9(14)15)12-10(16)11-5-6-13(2)8-3-4-8/h7-8H,3-6H2,1-2H3,(H,14,15)(H2,11,12,16)/t7-/m0/s1. The number of carbonyl (C=O) groups is 2. The molecule has 0 unspecified atom stereocenters. The van der Waals surface area contributed by atoms with Crippen LogP contribution in [0.15, 0.2) is 0 Å². The molecule has 1 fully saturated rings. The van der Waals surface area contributed by atoms with E-state index < -0.39 is 18.0 Å². The Morgan fingerprint density at radius 3 is 2.62 bits per heavy atom. The van der Waals surface area contributed by atoms with E-state index >= 15 is 0 Å². The maximum Gasteiger partial charge on any atom is 0.325 e. The van der Waals surface area contributed by atoms with E-state index in [9.17, 15) is 9.59 Å². The van der Waals surface area contributed by atoms with Crippen LogP contribution in [0.5, 0.6) is 0 Å². The average molecular weight is 229 g/mol. The summed E-state index contributed by atoms with van der Waals surface area (Å²) >= 11 is 0. The van der Waals surface area contributed by atoms with Crippen LogP contribution in [-0.4, -0.2) is 54.2 Å². The van der Waals surface area contributed by atoms with Crippen molar-refractivity contribution < 1.29 is 14.7 Å². The summed E-state index contributed by atoms with van der Waals surface area (Å²) in [6, 6.07) is -0.622. The van der Waals surface area contributed by atoms with E-state index in [0.717, 1.165) is 6.54 Å². The third kappa shape index (κ3) is 4.48. The fraction of sp³-hybridized carbons (Fsp3) is 0.800. The van der Waals surface area contributed by atoms with Gasteiger partial charge in [-0.25, -0.2) is 4.79 Å². The smallest absolute Gasteiger partial charge is 0.325 e. The maximum atomic E-state index is 11.2. The second-order valence-corrected chi connectivity index (χ2v) is 4.17. The number of carbonyl (C=O) groups excluding carboxylic acids is 1. The number of urea groups is 1. The van der Waals surface area contributed by atoms with Gasteiger partial charge >= 0.3 is 12.0 Å². The third-order valence-corrected chi connectivity index (χ3v) is 2.64. The van der Waals surface area contributed by atoms with Gasteiger partial charge in [-0.1, -0.05) is 0 Å². The number of nitrogens with one attached hydrogen (secondary N) is 2. The minimum Gasteiger partial charge on any atom is -0.480 e. The predicted molar refractivity (Wildman–Crippen MR) is 59.3 cm³/mol. The lowest BCUT2D eigenvalue weighted by molar-refractivity contribution is -0.138. The topological polar surface area (TPSA) is 81.7 Å². The highest BCUT2D eigenvalue weighted by Crippen LogP contribution is 2.24. The zero-order valence-electron chi connectivity index (χ0n) is 9.69. The van der Waals surface area contributed by atoms with E-state index in [2.05, 4.69) is 15.5 Å². The van der Waals surface area contributed by atoms with Crippen molar-refractivity contribution in [2.45, 2.75) is 31.8 Å². The molecule has 1 aliphatic carbocycles. The summed E-state index contributed by atoms with van der Waals surface area (Å²) < 4.78 is 0. The Balaban J connectivity index is 2.07. The SMILES string of the molecule is C[C@H](NC(=O)NCCN(C)C1CC1)C(=O)O. The highest BCUT2D eigenvalue weighted by Gasteiger charge is 2.25. The number of aliphatic carboxylic acids is 1. The number of amides is 2. The van der Waals surface area contributed by atoms with Crippen LogP contribution >= 0.6 is 0 Å². The van der Waals surface area contributed by atoms with E-state index in [-0.39, 0.29) is 0 Å². The molecule has 1 aliphatic rings. The van der Waals surface area contributed by atoms with Crippen LogP contribution in [0, 0.1) is 0 Å². The summed E-state index contributed by atoms with van der Waals surface area (Å²) in [5.41, 5.74) is 0. The van der Waals surface area contributed by atoms with Crippen LogP contribution in [0.3, 0.4) is 0 Å². The fourth-order valence-corrected chi connectivity index (χ4v) is 1.35. The molecule has 1 rings (SSSR count). The molecule has 0 aromatic rings. The largest absolute Gasteiger partial charge is 0.480 e. The highest BCUT2D eigenvalue weighted by molar-refractivity contribution is 5.82. The Morgan fingerprint density at radius 2 is 2.12 bits per heavy atom. The van der Waals surface area contributed by atoms with Gasteiger partial charge in [-0.2, -0.15) is 0 Å². The Kier molecular flexibility index (Phi) is 4.54. The van der Waals surface area contributed by atoms with Crippen molar-refractivity contribution >= 4 is 12.0 Å². The number of nitrogens with zero attached hydrogens (tertiary/aromatic N) is 1. The van der Waals surface area contributed by atoms with Crippen molar-refractivity contribution in [2.75, 3.05) is 20.1 Å². The molecule has 3 N–H and O–H groups in total. The van der Waals surface area contributed by atoms with Crippen LogP contribution in [0.2, 0.25) is 0 Å². The summed E-state index contributed by atoms with van der Waals surface area (Å²) in [5, 5.41) is 13.5. The number of rotatable bonds is 6. The molecule has 92 valence electrons. The Hall–Kier alpha value is -1.30. The molecule has 2 amide bonds. The molecule has 0 aromatic heterocycles. The van der Waals surface area contributed by atoms with Crippen LogP contribution in [0.1, 0.15) is 19.8 Å². The van der Waals surface area contributed by atoms with Gasteiger partial charge in [0.15, 0.2) is 0 Å². The first-order valence-electron chi connectivity index (χ1n) is 5.48. The van der Waals surface area contributed by atoms with Crippen LogP contribution < -0.4 is 10.6 Å². The molecular formula is C10H19N3O3. The zero-order valence-corrected chi connectivity index (χ0v) is 9.69. The van der Waals surface area contributed by atoms with Gasteiger partial charge in [0.25, 0.3) is 0 Å². The minimum absolute atomic E-state index is 0.431. The van der Waals surface area contributed by atoms with Crippen molar-refractivity contribution in [1.82, 2.24) is 15.5 Å². The van der Waals surface area contributed by atoms with Crippen LogP contribution in [-0.2, 0) is 4.79 Å². The molecule has 6 heteroatoms. The molecule has 1 atom stereocenters. The Morgan fingerprint density at radius 1 is 1.50 bits per heavy atom. The van der Waals surface area contributed by atoms with E-state index in [0.29, 0.717) is 12.6 Å². The van der Waals surface area contributed by atoms with E-state index in [4.69, 9.17) is 5.11 Å². The molecule has 0 aromatic carbocycles. The van der Waals surface area contributed by atoms with Crippen LogP contribution in [0.25, 0.3) is 0 Å². The Labute approximate surface area is 95.0 Å². The van der Waals surface area contributed by atoms with Gasteiger partial charge in [0.05, 0.1) is 0 Å². The van der Waals surface area contributed by atoms with Gasteiger partial charge in [-0.05, 0) is 26.8 Å². The van der Waals surface area contributed by atoms with Gasteiger partial charge < -0.3 is 20.6 Å². The lowest BCUT2D eigenvalue weighted by Gasteiger charge is -2.16. The summed E-state index contributed by atoms with van der Waals surface area (Å²) in [6.07, 6.45) is 2.47. The number of carboxylic acid groups (broad SMARTS) is 1. The first-order valence-corrected chi connectivity index (χ1v) is 5.48. The average Bonchev–Trinajstić information content (AvgIpc) is 3.00. The van der Waals surface area contributed by atoms with Crippen molar-refractivity contribution in [3.8, 4) is 0 Å². The zero-order chi connectivity index (χ0) is 12.1. The predicted octanol–water partition coefficient (Wildman–Crippen LogP) is -0.147. The summed E-state index contributed by atoms with van der Waals surface area (Å²) in [5.74, 6) is -1.04. The summed E-state index contributed by atoms with van der Waals surface area (Å²) in [6.45, 7) is 2.75. The van der Waals surface area contributed by atoms with Gasteiger partial charge in [-0.15, -0.1) is 0 Å². The quantitative estimate of drug-likeness (QED) is 0.592. The van der Waals surface area contributed by atoms with Crippen molar-refractivity contribution in [3.05, 3.63) is 0 Å². The highest BCUT2D eigenvalue weighted by atomic mass is 16.4. The molecule has 0 bridgehead atoms. The van der Waals surface area contributed by atoms with E-state index in [1.54, 1.807) is 0 Å². The second-order valence-electron chi connectivity index (χ2n) is 4.17.